The number of benzene rings is 1. The highest BCUT2D eigenvalue weighted by atomic mass is 32.2. The van der Waals surface area contributed by atoms with E-state index in [0.29, 0.717) is 12.1 Å². The minimum absolute atomic E-state index is 0.000900. The first-order chi connectivity index (χ1) is 14.4. The van der Waals surface area contributed by atoms with Crippen molar-refractivity contribution in [2.45, 2.75) is 56.0 Å². The number of aromatic nitrogens is 1. The second-order valence-corrected chi connectivity index (χ2v) is 9.49. The van der Waals surface area contributed by atoms with Gasteiger partial charge < -0.3 is 9.64 Å². The van der Waals surface area contributed by atoms with E-state index in [0.717, 1.165) is 37.8 Å². The van der Waals surface area contributed by atoms with Crippen LogP contribution in [0.2, 0.25) is 0 Å². The fourth-order valence-electron chi connectivity index (χ4n) is 4.06. The number of sulfonamides is 1. The molecule has 0 saturated heterocycles. The van der Waals surface area contributed by atoms with Crippen molar-refractivity contribution in [3.05, 3.63) is 53.3 Å². The number of carbonyl (C=O) groups excluding carboxylic acids is 1. The first-order valence-electron chi connectivity index (χ1n) is 10.4. The van der Waals surface area contributed by atoms with Gasteiger partial charge in [0.2, 0.25) is 10.0 Å². The molecule has 1 amide bonds. The quantitative estimate of drug-likeness (QED) is 0.731. The topological polar surface area (TPSA) is 88.6 Å². The average Bonchev–Trinajstić information content (AvgIpc) is 3.57. The van der Waals surface area contributed by atoms with Gasteiger partial charge in [-0.1, -0.05) is 6.07 Å². The molecule has 1 fully saturated rings. The summed E-state index contributed by atoms with van der Waals surface area (Å²) in [6.07, 6.45) is 6.21. The first kappa shape index (κ1) is 20.8. The van der Waals surface area contributed by atoms with E-state index >= 15 is 0 Å². The molecule has 0 bridgehead atoms. The Morgan fingerprint density at radius 3 is 2.77 bits per heavy atom. The Hall–Kier alpha value is -2.45. The molecular weight excluding hydrogens is 402 g/mol. The lowest BCUT2D eigenvalue weighted by Gasteiger charge is -2.34. The summed E-state index contributed by atoms with van der Waals surface area (Å²) < 4.78 is 33.6. The average molecular weight is 430 g/mol. The van der Waals surface area contributed by atoms with Gasteiger partial charge in [0.25, 0.3) is 5.91 Å². The molecule has 2 aliphatic rings. The van der Waals surface area contributed by atoms with Crippen LogP contribution in [0.25, 0.3) is 0 Å². The van der Waals surface area contributed by atoms with Crippen LogP contribution in [-0.4, -0.2) is 43.9 Å². The molecule has 2 aliphatic carbocycles. The van der Waals surface area contributed by atoms with E-state index in [-0.39, 0.29) is 28.6 Å². The molecule has 1 saturated carbocycles. The number of pyridine rings is 1. The molecule has 0 radical (unpaired) electrons. The number of nitrogens with zero attached hydrogens (tertiary/aromatic N) is 2. The third-order valence-electron chi connectivity index (χ3n) is 5.74. The van der Waals surface area contributed by atoms with Gasteiger partial charge in [0.05, 0.1) is 18.8 Å². The summed E-state index contributed by atoms with van der Waals surface area (Å²) in [6, 6.07) is 8.45. The van der Waals surface area contributed by atoms with Gasteiger partial charge in [0.1, 0.15) is 10.6 Å². The maximum atomic E-state index is 13.4. The van der Waals surface area contributed by atoms with Crippen LogP contribution in [0.4, 0.5) is 0 Å². The highest BCUT2D eigenvalue weighted by Crippen LogP contribution is 2.34. The van der Waals surface area contributed by atoms with Crippen molar-refractivity contribution in [2.24, 2.45) is 0 Å². The molecule has 30 heavy (non-hydrogen) atoms. The number of nitrogens with one attached hydrogen (secondary N) is 1. The summed E-state index contributed by atoms with van der Waals surface area (Å²) in [5, 5.41) is 0. The van der Waals surface area contributed by atoms with Crippen molar-refractivity contribution in [2.75, 3.05) is 13.7 Å². The Morgan fingerprint density at radius 1 is 1.27 bits per heavy atom. The lowest BCUT2D eigenvalue weighted by molar-refractivity contribution is 0.0664. The minimum Gasteiger partial charge on any atom is -0.495 e. The largest absolute Gasteiger partial charge is 0.495 e. The number of carbonyl (C=O) groups is 1. The molecule has 1 aromatic heterocycles. The van der Waals surface area contributed by atoms with E-state index in [1.165, 1.54) is 18.7 Å². The Balaban J connectivity index is 1.68. The third kappa shape index (κ3) is 4.06. The molecule has 160 valence electrons. The monoisotopic (exact) mass is 429 g/mol. The predicted octanol–water partition coefficient (Wildman–Crippen LogP) is 3.07. The molecule has 1 N–H and O–H groups in total. The maximum Gasteiger partial charge on any atom is 0.254 e. The van der Waals surface area contributed by atoms with Crippen LogP contribution in [0.3, 0.4) is 0 Å². The highest BCUT2D eigenvalue weighted by molar-refractivity contribution is 7.89. The van der Waals surface area contributed by atoms with Crippen molar-refractivity contribution < 1.29 is 17.9 Å². The molecular formula is C22H27N3O4S. The summed E-state index contributed by atoms with van der Waals surface area (Å²) in [7, 11) is -2.33. The van der Waals surface area contributed by atoms with E-state index in [4.69, 9.17) is 4.74 Å². The Kier molecular flexibility index (Phi) is 5.79. The molecule has 7 nitrogen and oxygen atoms in total. The summed E-state index contributed by atoms with van der Waals surface area (Å²) in [5.41, 5.74) is 2.44. The van der Waals surface area contributed by atoms with Gasteiger partial charge in [-0.25, -0.2) is 13.1 Å². The molecule has 1 aromatic carbocycles. The molecule has 1 heterocycles. The molecule has 0 spiro atoms. The van der Waals surface area contributed by atoms with Crippen molar-refractivity contribution >= 4 is 15.9 Å². The Morgan fingerprint density at radius 2 is 2.07 bits per heavy atom. The molecule has 0 unspecified atom stereocenters. The lowest BCUT2D eigenvalue weighted by atomic mass is 9.90. The van der Waals surface area contributed by atoms with Gasteiger partial charge >= 0.3 is 0 Å². The number of ether oxygens (including phenoxy) is 1. The SMILES string of the molecule is CCN(C(=O)c1ccc(OC)c(S(=O)(=O)NC2CC2)c1)[C@@H]1CCCc2cccnc21. The molecule has 8 heteroatoms. The first-order valence-corrected chi connectivity index (χ1v) is 11.9. The molecule has 1 atom stereocenters. The van der Waals surface area contributed by atoms with Crippen LogP contribution in [0, 0.1) is 0 Å². The molecule has 4 rings (SSSR count). The van der Waals surface area contributed by atoms with Gasteiger partial charge in [-0.3, -0.25) is 9.78 Å². The second-order valence-electron chi connectivity index (χ2n) is 7.81. The van der Waals surface area contributed by atoms with E-state index in [2.05, 4.69) is 15.8 Å². The number of amides is 1. The fourth-order valence-corrected chi connectivity index (χ4v) is 5.56. The van der Waals surface area contributed by atoms with Crippen LogP contribution >= 0.6 is 0 Å². The maximum absolute atomic E-state index is 13.4. The van der Waals surface area contributed by atoms with E-state index in [1.54, 1.807) is 23.2 Å². The smallest absolute Gasteiger partial charge is 0.254 e. The minimum atomic E-state index is -3.76. The highest BCUT2D eigenvalue weighted by Gasteiger charge is 2.33. The predicted molar refractivity (Wildman–Crippen MR) is 113 cm³/mol. The summed E-state index contributed by atoms with van der Waals surface area (Å²) in [5.74, 6) is 0.0268. The normalized spacial score (nSPS) is 18.5. The van der Waals surface area contributed by atoms with Gasteiger partial charge in [0.15, 0.2) is 0 Å². The zero-order chi connectivity index (χ0) is 21.3. The van der Waals surface area contributed by atoms with Crippen molar-refractivity contribution in [3.8, 4) is 5.75 Å². The van der Waals surface area contributed by atoms with Crippen molar-refractivity contribution in [1.82, 2.24) is 14.6 Å². The molecule has 2 aromatic rings. The molecule has 0 aliphatic heterocycles. The van der Waals surface area contributed by atoms with E-state index in [1.807, 2.05) is 13.0 Å². The summed E-state index contributed by atoms with van der Waals surface area (Å²) >= 11 is 0. The van der Waals surface area contributed by atoms with Crippen molar-refractivity contribution in [1.29, 1.82) is 0 Å². The number of fused-ring (bicyclic) bond motifs is 1. The van der Waals surface area contributed by atoms with Gasteiger partial charge in [-0.2, -0.15) is 0 Å². The Labute approximate surface area is 177 Å². The van der Waals surface area contributed by atoms with E-state index in [9.17, 15) is 13.2 Å². The van der Waals surface area contributed by atoms with Gasteiger partial charge in [-0.15, -0.1) is 0 Å². The van der Waals surface area contributed by atoms with Crippen LogP contribution in [0.5, 0.6) is 5.75 Å². The standard InChI is InChI=1S/C22H27N3O4S/c1-3-25(18-8-4-6-15-7-5-13-23-21(15)18)22(26)16-9-12-19(29-2)20(14-16)30(27,28)24-17-10-11-17/h5,7,9,12-14,17-18,24H,3-4,6,8,10-11H2,1-2H3/t18-/m1/s1. The summed E-state index contributed by atoms with van der Waals surface area (Å²) in [6.45, 7) is 2.44. The fraction of sp³-hybridized carbons (Fsp3) is 0.455. The second kappa shape index (κ2) is 8.35. The number of aryl methyl sites for hydroxylation is 1. The van der Waals surface area contributed by atoms with Crippen LogP contribution < -0.4 is 9.46 Å². The zero-order valence-electron chi connectivity index (χ0n) is 17.3. The number of hydrogen-bond donors (Lipinski definition) is 1. The van der Waals surface area contributed by atoms with Crippen LogP contribution in [0.15, 0.2) is 41.4 Å². The number of hydrogen-bond acceptors (Lipinski definition) is 5. The van der Waals surface area contributed by atoms with Gasteiger partial charge in [0, 0.05) is 24.3 Å². The number of methoxy groups -OCH3 is 1. The van der Waals surface area contributed by atoms with Crippen LogP contribution in [-0.2, 0) is 16.4 Å². The van der Waals surface area contributed by atoms with Gasteiger partial charge in [-0.05, 0) is 68.9 Å². The van der Waals surface area contributed by atoms with Crippen molar-refractivity contribution in [3.63, 3.8) is 0 Å². The zero-order valence-corrected chi connectivity index (χ0v) is 18.1. The Bertz CT molecular complexity index is 1050. The lowest BCUT2D eigenvalue weighted by Crippen LogP contribution is -2.37. The summed E-state index contributed by atoms with van der Waals surface area (Å²) in [4.78, 5) is 19.8. The van der Waals surface area contributed by atoms with Crippen LogP contribution in [0.1, 0.15) is 60.3 Å². The number of rotatable bonds is 7. The third-order valence-corrected chi connectivity index (χ3v) is 7.28. The van der Waals surface area contributed by atoms with E-state index < -0.39 is 10.0 Å².